The fourth-order valence-corrected chi connectivity index (χ4v) is 2.67. The molecule has 0 fully saturated rings. The van der Waals surface area contributed by atoms with Crippen LogP contribution in [0.4, 0.5) is 4.39 Å². The molecule has 0 N–H and O–H groups in total. The molecule has 0 amide bonds. The summed E-state index contributed by atoms with van der Waals surface area (Å²) in [5.74, 6) is -0.924. The second kappa shape index (κ2) is 4.98. The molecule has 0 unspecified atom stereocenters. The first-order chi connectivity index (χ1) is 8.13. The molecule has 0 aliphatic rings. The maximum atomic E-state index is 13.6. The molecule has 0 spiro atoms. The zero-order valence-corrected chi connectivity index (χ0v) is 10.7. The van der Waals surface area contributed by atoms with E-state index in [9.17, 15) is 9.18 Å². The molecule has 1 nitrogen and oxygen atoms in total. The fourth-order valence-electron chi connectivity index (χ4n) is 1.53. The van der Waals surface area contributed by atoms with Gasteiger partial charge >= 0.3 is 0 Å². The monoisotopic (exact) mass is 268 g/mol. The van der Waals surface area contributed by atoms with E-state index in [1.165, 1.54) is 29.5 Å². The van der Waals surface area contributed by atoms with Gasteiger partial charge in [-0.05, 0) is 30.7 Å². The second-order valence-electron chi connectivity index (χ2n) is 3.55. The molecule has 0 aliphatic carbocycles. The molecular formula is C13H10ClFOS. The Labute approximate surface area is 108 Å². The summed E-state index contributed by atoms with van der Waals surface area (Å²) < 4.78 is 13.6. The number of halogens is 2. The van der Waals surface area contributed by atoms with Gasteiger partial charge in [-0.15, -0.1) is 11.3 Å². The maximum Gasteiger partial charge on any atom is 0.207 e. The van der Waals surface area contributed by atoms with Crippen LogP contribution in [0.15, 0.2) is 30.3 Å². The largest absolute Gasteiger partial charge is 0.288 e. The first kappa shape index (κ1) is 12.3. The number of carbonyl (C=O) groups excluding carboxylic acids is 1. The molecule has 2 rings (SSSR count). The number of rotatable bonds is 3. The van der Waals surface area contributed by atoms with Crippen LogP contribution in [-0.4, -0.2) is 5.78 Å². The van der Waals surface area contributed by atoms with Gasteiger partial charge in [-0.25, -0.2) is 4.39 Å². The molecule has 0 atom stereocenters. The van der Waals surface area contributed by atoms with Gasteiger partial charge in [0.25, 0.3) is 0 Å². The number of hydrogen-bond donors (Lipinski definition) is 0. The van der Waals surface area contributed by atoms with Crippen molar-refractivity contribution in [3.8, 4) is 0 Å². The van der Waals surface area contributed by atoms with Gasteiger partial charge in [-0.1, -0.05) is 24.6 Å². The lowest BCUT2D eigenvalue weighted by atomic mass is 10.1. The Kier molecular flexibility index (Phi) is 3.60. The lowest BCUT2D eigenvalue weighted by Crippen LogP contribution is -2.03. The molecule has 0 bridgehead atoms. The van der Waals surface area contributed by atoms with Crippen molar-refractivity contribution in [2.45, 2.75) is 13.3 Å². The van der Waals surface area contributed by atoms with Crippen LogP contribution in [0.25, 0.3) is 0 Å². The Morgan fingerprint density at radius 3 is 2.71 bits per heavy atom. The number of hydrogen-bond acceptors (Lipinski definition) is 2. The third-order valence-electron chi connectivity index (χ3n) is 2.42. The number of thiophene rings is 1. The third kappa shape index (κ3) is 2.40. The van der Waals surface area contributed by atoms with E-state index >= 15 is 0 Å². The molecule has 0 radical (unpaired) electrons. The van der Waals surface area contributed by atoms with Crippen LogP contribution in [0.3, 0.4) is 0 Å². The normalized spacial score (nSPS) is 10.5. The van der Waals surface area contributed by atoms with E-state index in [4.69, 9.17) is 11.6 Å². The predicted octanol–water partition coefficient (Wildman–Crippen LogP) is 4.33. The summed E-state index contributed by atoms with van der Waals surface area (Å²) in [6.45, 7) is 2.01. The first-order valence-electron chi connectivity index (χ1n) is 5.21. The predicted molar refractivity (Wildman–Crippen MR) is 68.5 cm³/mol. The van der Waals surface area contributed by atoms with Crippen LogP contribution in [0, 0.1) is 5.82 Å². The highest BCUT2D eigenvalue weighted by molar-refractivity contribution is 7.14. The average Bonchev–Trinajstić information content (AvgIpc) is 2.77. The van der Waals surface area contributed by atoms with Gasteiger partial charge in [-0.2, -0.15) is 0 Å². The number of carbonyl (C=O) groups is 1. The van der Waals surface area contributed by atoms with Crippen molar-refractivity contribution >= 4 is 28.7 Å². The SMILES string of the molecule is CCc1ccc(C(=O)c2c(F)cccc2Cl)s1. The highest BCUT2D eigenvalue weighted by Crippen LogP contribution is 2.26. The summed E-state index contributed by atoms with van der Waals surface area (Å²) >= 11 is 7.24. The third-order valence-corrected chi connectivity index (χ3v) is 3.97. The van der Waals surface area contributed by atoms with E-state index in [2.05, 4.69) is 0 Å². The minimum atomic E-state index is -0.575. The molecule has 1 aromatic heterocycles. The van der Waals surface area contributed by atoms with Crippen molar-refractivity contribution < 1.29 is 9.18 Å². The quantitative estimate of drug-likeness (QED) is 0.757. The molecule has 2 aromatic rings. The molecular weight excluding hydrogens is 259 g/mol. The summed E-state index contributed by atoms with van der Waals surface area (Å²) in [6, 6.07) is 7.85. The topological polar surface area (TPSA) is 17.1 Å². The van der Waals surface area contributed by atoms with Crippen molar-refractivity contribution in [1.29, 1.82) is 0 Å². The molecule has 1 aromatic carbocycles. The first-order valence-corrected chi connectivity index (χ1v) is 6.40. The lowest BCUT2D eigenvalue weighted by Gasteiger charge is -2.02. The molecule has 0 aliphatic heterocycles. The van der Waals surface area contributed by atoms with Crippen molar-refractivity contribution in [3.63, 3.8) is 0 Å². The van der Waals surface area contributed by atoms with Gasteiger partial charge < -0.3 is 0 Å². The summed E-state index contributed by atoms with van der Waals surface area (Å²) in [5, 5.41) is 0.154. The van der Waals surface area contributed by atoms with E-state index in [0.717, 1.165) is 11.3 Å². The minimum Gasteiger partial charge on any atom is -0.288 e. The summed E-state index contributed by atoms with van der Waals surface area (Å²) in [6.07, 6.45) is 0.864. The van der Waals surface area contributed by atoms with Crippen molar-refractivity contribution in [3.05, 3.63) is 56.5 Å². The van der Waals surface area contributed by atoms with Crippen LogP contribution in [0.2, 0.25) is 5.02 Å². The van der Waals surface area contributed by atoms with E-state index in [-0.39, 0.29) is 16.4 Å². The van der Waals surface area contributed by atoms with Crippen LogP contribution < -0.4 is 0 Å². The molecule has 17 heavy (non-hydrogen) atoms. The molecule has 0 saturated carbocycles. The number of benzene rings is 1. The standard InChI is InChI=1S/C13H10ClFOS/c1-2-8-6-7-11(17-8)13(16)12-9(14)4-3-5-10(12)15/h3-7H,2H2,1H3. The summed E-state index contributed by atoms with van der Waals surface area (Å²) in [4.78, 5) is 13.7. The van der Waals surface area contributed by atoms with Gasteiger partial charge in [0.15, 0.2) is 0 Å². The number of aryl methyl sites for hydroxylation is 1. The van der Waals surface area contributed by atoms with Gasteiger partial charge in [0.2, 0.25) is 5.78 Å². The van der Waals surface area contributed by atoms with E-state index in [1.54, 1.807) is 6.07 Å². The van der Waals surface area contributed by atoms with Crippen molar-refractivity contribution in [2.24, 2.45) is 0 Å². The maximum absolute atomic E-state index is 13.6. The van der Waals surface area contributed by atoms with Crippen molar-refractivity contribution in [1.82, 2.24) is 0 Å². The van der Waals surface area contributed by atoms with Gasteiger partial charge in [0.05, 0.1) is 15.5 Å². The summed E-state index contributed by atoms with van der Waals surface area (Å²) in [5.41, 5.74) is -0.0429. The van der Waals surface area contributed by atoms with Crippen molar-refractivity contribution in [2.75, 3.05) is 0 Å². The van der Waals surface area contributed by atoms with Gasteiger partial charge in [-0.3, -0.25) is 4.79 Å². The van der Waals surface area contributed by atoms with Crippen LogP contribution >= 0.6 is 22.9 Å². The highest BCUT2D eigenvalue weighted by atomic mass is 35.5. The average molecular weight is 269 g/mol. The Morgan fingerprint density at radius 2 is 2.12 bits per heavy atom. The smallest absolute Gasteiger partial charge is 0.207 e. The lowest BCUT2D eigenvalue weighted by molar-refractivity contribution is 0.103. The summed E-state index contributed by atoms with van der Waals surface area (Å²) in [7, 11) is 0. The minimum absolute atomic E-state index is 0.0429. The Morgan fingerprint density at radius 1 is 1.35 bits per heavy atom. The van der Waals surface area contributed by atoms with Gasteiger partial charge in [0, 0.05) is 4.88 Å². The Hall–Kier alpha value is -1.19. The second-order valence-corrected chi connectivity index (χ2v) is 5.12. The Bertz CT molecular complexity index is 542. The fraction of sp³-hybridized carbons (Fsp3) is 0.154. The zero-order valence-electron chi connectivity index (χ0n) is 9.17. The zero-order chi connectivity index (χ0) is 12.4. The molecule has 4 heteroatoms. The molecule has 1 heterocycles. The van der Waals surface area contributed by atoms with E-state index < -0.39 is 5.82 Å². The Balaban J connectivity index is 2.43. The number of ketones is 1. The van der Waals surface area contributed by atoms with Crippen LogP contribution in [0.5, 0.6) is 0 Å². The van der Waals surface area contributed by atoms with E-state index in [1.807, 2.05) is 13.0 Å². The molecule has 0 saturated heterocycles. The van der Waals surface area contributed by atoms with Crippen LogP contribution in [-0.2, 0) is 6.42 Å². The molecule has 88 valence electrons. The van der Waals surface area contributed by atoms with E-state index in [0.29, 0.717) is 4.88 Å². The van der Waals surface area contributed by atoms with Gasteiger partial charge in [0.1, 0.15) is 5.82 Å². The highest BCUT2D eigenvalue weighted by Gasteiger charge is 2.18. The van der Waals surface area contributed by atoms with Crippen LogP contribution in [0.1, 0.15) is 27.0 Å².